The van der Waals surface area contributed by atoms with Crippen LogP contribution in [0.25, 0.3) is 22.5 Å². The minimum absolute atomic E-state index is 0.142. The summed E-state index contributed by atoms with van der Waals surface area (Å²) in [5, 5.41) is 15.0. The minimum atomic E-state index is -1.29. The van der Waals surface area contributed by atoms with E-state index in [1.165, 1.54) is 5.56 Å². The molecule has 1 fully saturated rings. The van der Waals surface area contributed by atoms with Gasteiger partial charge in [0.2, 0.25) is 0 Å². The van der Waals surface area contributed by atoms with Crippen molar-refractivity contribution in [3.63, 3.8) is 0 Å². The van der Waals surface area contributed by atoms with Crippen molar-refractivity contribution in [2.45, 2.75) is 57.5 Å². The molecule has 200 valence electrons. The monoisotopic (exact) mass is 523 g/mol. The van der Waals surface area contributed by atoms with Crippen molar-refractivity contribution in [2.24, 2.45) is 0 Å². The summed E-state index contributed by atoms with van der Waals surface area (Å²) in [6, 6.07) is 25.8. The van der Waals surface area contributed by atoms with Crippen LogP contribution in [0.3, 0.4) is 0 Å². The average Bonchev–Trinajstić information content (AvgIpc) is 3.70. The Kier molecular flexibility index (Phi) is 7.75. The molecule has 1 aliphatic rings. The topological polar surface area (TPSA) is 89.6 Å². The van der Waals surface area contributed by atoms with Crippen LogP contribution in [0.15, 0.2) is 83.4 Å². The summed E-state index contributed by atoms with van der Waals surface area (Å²) >= 11 is 0. The second-order valence-corrected chi connectivity index (χ2v) is 10.2. The normalized spacial score (nSPS) is 14.5. The Morgan fingerprint density at radius 3 is 2.18 bits per heavy atom. The predicted molar refractivity (Wildman–Crippen MR) is 149 cm³/mol. The van der Waals surface area contributed by atoms with E-state index in [1.54, 1.807) is 6.92 Å². The number of esters is 1. The standard InChI is InChI=1S/C33H33NO5/c1-3-38-32(37)33(20-21-33)27-18-16-25(17-19-27)24-12-14-26(15-13-24)31-29(22(2)34-39-31)30(36)28(35)11-7-10-23-8-5-4-6-9-23/h4-6,8-9,12-19,30,36H,3,7,10-11,20-21H2,1-2H3. The van der Waals surface area contributed by atoms with Gasteiger partial charge in [-0.15, -0.1) is 0 Å². The third-order valence-corrected chi connectivity index (χ3v) is 7.55. The number of aryl methyl sites for hydroxylation is 2. The van der Waals surface area contributed by atoms with E-state index in [9.17, 15) is 14.7 Å². The van der Waals surface area contributed by atoms with Gasteiger partial charge < -0.3 is 14.4 Å². The number of aliphatic hydroxyl groups excluding tert-OH is 1. The molecule has 0 bridgehead atoms. The van der Waals surface area contributed by atoms with Crippen molar-refractivity contribution in [1.82, 2.24) is 5.16 Å². The van der Waals surface area contributed by atoms with E-state index in [0.717, 1.165) is 41.5 Å². The van der Waals surface area contributed by atoms with Crippen molar-refractivity contribution in [2.75, 3.05) is 6.61 Å². The quantitative estimate of drug-likeness (QED) is 0.225. The average molecular weight is 524 g/mol. The van der Waals surface area contributed by atoms with Crippen LogP contribution in [-0.4, -0.2) is 28.6 Å². The number of hydrogen-bond acceptors (Lipinski definition) is 6. The lowest BCUT2D eigenvalue weighted by Gasteiger charge is -2.15. The van der Waals surface area contributed by atoms with Crippen LogP contribution in [-0.2, 0) is 26.2 Å². The molecule has 1 unspecified atom stereocenters. The van der Waals surface area contributed by atoms with Gasteiger partial charge in [-0.25, -0.2) is 0 Å². The highest BCUT2D eigenvalue weighted by Gasteiger charge is 2.52. The lowest BCUT2D eigenvalue weighted by atomic mass is 9.93. The molecule has 6 heteroatoms. The Hall–Kier alpha value is -4.03. The number of carbonyl (C=O) groups is 2. The zero-order valence-corrected chi connectivity index (χ0v) is 22.4. The van der Waals surface area contributed by atoms with Crippen molar-refractivity contribution >= 4 is 11.8 Å². The molecule has 3 aromatic carbocycles. The highest BCUT2D eigenvalue weighted by molar-refractivity contribution is 5.87. The van der Waals surface area contributed by atoms with Crippen LogP contribution in [0.4, 0.5) is 0 Å². The molecule has 4 aromatic rings. The molecule has 1 atom stereocenters. The van der Waals surface area contributed by atoms with E-state index in [4.69, 9.17) is 9.26 Å². The molecule has 1 heterocycles. The number of nitrogens with zero attached hydrogens (tertiary/aromatic N) is 1. The van der Waals surface area contributed by atoms with Crippen molar-refractivity contribution < 1.29 is 24.0 Å². The number of ether oxygens (including phenoxy) is 1. The first-order valence-corrected chi connectivity index (χ1v) is 13.5. The van der Waals surface area contributed by atoms with E-state index in [1.807, 2.05) is 85.8 Å². The number of Topliss-reactive ketones (excluding diaryl/α,β-unsaturated/α-hetero) is 1. The number of carbonyl (C=O) groups excluding carboxylic acids is 2. The van der Waals surface area contributed by atoms with Crippen molar-refractivity contribution in [1.29, 1.82) is 0 Å². The summed E-state index contributed by atoms with van der Waals surface area (Å²) in [4.78, 5) is 25.2. The fourth-order valence-corrected chi connectivity index (χ4v) is 5.12. The number of hydrogen-bond donors (Lipinski definition) is 1. The second kappa shape index (κ2) is 11.4. The molecule has 5 rings (SSSR count). The molecular weight excluding hydrogens is 490 g/mol. The van der Waals surface area contributed by atoms with E-state index >= 15 is 0 Å². The van der Waals surface area contributed by atoms with Gasteiger partial charge in [0.25, 0.3) is 0 Å². The molecule has 1 aliphatic carbocycles. The third-order valence-electron chi connectivity index (χ3n) is 7.55. The maximum absolute atomic E-state index is 12.8. The summed E-state index contributed by atoms with van der Waals surface area (Å²) in [6.45, 7) is 3.95. The molecule has 1 aromatic heterocycles. The molecule has 0 radical (unpaired) electrons. The predicted octanol–water partition coefficient (Wildman–Crippen LogP) is 6.54. The van der Waals surface area contributed by atoms with Crippen LogP contribution in [0.5, 0.6) is 0 Å². The van der Waals surface area contributed by atoms with Crippen molar-refractivity contribution in [3.05, 3.63) is 101 Å². The number of aliphatic hydroxyl groups is 1. The Bertz CT molecular complexity index is 1430. The third kappa shape index (κ3) is 5.57. The van der Waals surface area contributed by atoms with Gasteiger partial charge in [-0.2, -0.15) is 0 Å². The number of rotatable bonds is 11. The molecular formula is C33H33NO5. The van der Waals surface area contributed by atoms with Gasteiger partial charge in [0.15, 0.2) is 11.5 Å². The summed E-state index contributed by atoms with van der Waals surface area (Å²) in [6.07, 6.45) is 2.06. The van der Waals surface area contributed by atoms with Gasteiger partial charge in [0.1, 0.15) is 6.10 Å². The van der Waals surface area contributed by atoms with Crippen LogP contribution >= 0.6 is 0 Å². The van der Waals surface area contributed by atoms with Crippen LogP contribution in [0, 0.1) is 6.92 Å². The van der Waals surface area contributed by atoms with E-state index in [-0.39, 0.29) is 18.2 Å². The summed E-state index contributed by atoms with van der Waals surface area (Å²) in [5.41, 5.74) is 5.36. The Morgan fingerprint density at radius 1 is 0.949 bits per heavy atom. The first kappa shape index (κ1) is 26.6. The molecule has 39 heavy (non-hydrogen) atoms. The Morgan fingerprint density at radius 2 is 1.56 bits per heavy atom. The number of ketones is 1. The fraction of sp³-hybridized carbons (Fsp3) is 0.303. The van der Waals surface area contributed by atoms with Crippen molar-refractivity contribution in [3.8, 4) is 22.5 Å². The van der Waals surface area contributed by atoms with Crippen LogP contribution < -0.4 is 0 Å². The number of aromatic nitrogens is 1. The molecule has 1 N–H and O–H groups in total. The molecule has 0 aliphatic heterocycles. The maximum atomic E-state index is 12.8. The summed E-state index contributed by atoms with van der Waals surface area (Å²) in [5.74, 6) is 0.0204. The van der Waals surface area contributed by atoms with Gasteiger partial charge >= 0.3 is 5.97 Å². The first-order chi connectivity index (χ1) is 18.9. The minimum Gasteiger partial charge on any atom is -0.465 e. The zero-order valence-electron chi connectivity index (χ0n) is 22.4. The second-order valence-electron chi connectivity index (χ2n) is 10.2. The molecule has 0 amide bonds. The first-order valence-electron chi connectivity index (χ1n) is 13.5. The van der Waals surface area contributed by atoms with Gasteiger partial charge in [0.05, 0.1) is 23.3 Å². The maximum Gasteiger partial charge on any atom is 0.316 e. The van der Waals surface area contributed by atoms with E-state index in [2.05, 4.69) is 5.16 Å². The van der Waals surface area contributed by atoms with Gasteiger partial charge in [0, 0.05) is 12.0 Å². The Labute approximate surface area is 228 Å². The van der Waals surface area contributed by atoms with Gasteiger partial charge in [-0.1, -0.05) is 84.0 Å². The molecule has 6 nitrogen and oxygen atoms in total. The SMILES string of the molecule is CCOC(=O)C1(c2ccc(-c3ccc(-c4onc(C)c4C(O)C(=O)CCCc4ccccc4)cc3)cc2)CC1. The summed E-state index contributed by atoms with van der Waals surface area (Å²) in [7, 11) is 0. The lowest BCUT2D eigenvalue weighted by molar-refractivity contribution is -0.146. The summed E-state index contributed by atoms with van der Waals surface area (Å²) < 4.78 is 10.9. The fourth-order valence-electron chi connectivity index (χ4n) is 5.12. The molecule has 0 spiro atoms. The van der Waals surface area contributed by atoms with Crippen LogP contribution in [0.2, 0.25) is 0 Å². The number of benzene rings is 3. The highest BCUT2D eigenvalue weighted by Crippen LogP contribution is 2.49. The Balaban J connectivity index is 1.27. The van der Waals surface area contributed by atoms with Gasteiger partial charge in [-0.3, -0.25) is 9.59 Å². The molecule has 0 saturated heterocycles. The largest absolute Gasteiger partial charge is 0.465 e. The van der Waals surface area contributed by atoms with Gasteiger partial charge in [-0.05, 0) is 61.8 Å². The molecule has 1 saturated carbocycles. The highest BCUT2D eigenvalue weighted by atomic mass is 16.5. The smallest absolute Gasteiger partial charge is 0.316 e. The lowest BCUT2D eigenvalue weighted by Crippen LogP contribution is -2.23. The van der Waals surface area contributed by atoms with E-state index < -0.39 is 11.5 Å². The van der Waals surface area contributed by atoms with E-state index in [0.29, 0.717) is 30.0 Å². The van der Waals surface area contributed by atoms with Crippen LogP contribution in [0.1, 0.15) is 61.1 Å². The zero-order chi connectivity index (χ0) is 27.4.